The Balaban J connectivity index is -0.000000312. The summed E-state index contributed by atoms with van der Waals surface area (Å²) in [5.74, 6) is -1.86. The van der Waals surface area contributed by atoms with Crippen LogP contribution in [0.2, 0.25) is 0 Å². The van der Waals surface area contributed by atoms with Gasteiger partial charge in [-0.25, -0.2) is 0 Å². The van der Waals surface area contributed by atoms with Gasteiger partial charge in [-0.2, -0.15) is 0 Å². The quantitative estimate of drug-likeness (QED) is 0.234. The van der Waals surface area contributed by atoms with E-state index in [0.717, 1.165) is 12.8 Å². The van der Waals surface area contributed by atoms with Crippen molar-refractivity contribution in [3.05, 3.63) is 0 Å². The van der Waals surface area contributed by atoms with Crippen LogP contribution in [0.15, 0.2) is 0 Å². The van der Waals surface area contributed by atoms with Crippen molar-refractivity contribution >= 4 is 11.9 Å². The first-order valence-electron chi connectivity index (χ1n) is 10.9. The zero-order valence-corrected chi connectivity index (χ0v) is 23.3. The largest absolute Gasteiger partial charge is 4.00 e. The fraction of sp³-hybridized carbons (Fsp3) is 0.909. The molecule has 6 heteroatoms. The van der Waals surface area contributed by atoms with Crippen LogP contribution in [-0.2, 0) is 62.0 Å². The van der Waals surface area contributed by atoms with Gasteiger partial charge in [-0.1, -0.05) is 110 Å². The number of rotatable bonds is 18. The van der Waals surface area contributed by atoms with Crippen molar-refractivity contribution in [2.75, 3.05) is 0 Å². The number of hydrogen-bond donors (Lipinski definition) is 0. The fourth-order valence-corrected chi connectivity index (χ4v) is 2.84. The summed E-state index contributed by atoms with van der Waals surface area (Å²) in [5, 5.41) is 19.7. The monoisotopic (exact) mass is 550 g/mol. The van der Waals surface area contributed by atoms with E-state index in [-0.39, 0.29) is 65.2 Å². The maximum absolute atomic E-state index is 10.2. The molecule has 0 aliphatic carbocycles. The maximum atomic E-state index is 10.2. The van der Waals surface area contributed by atoms with Crippen LogP contribution in [0.5, 0.6) is 0 Å². The number of hydrogen-bond acceptors (Lipinski definition) is 4. The van der Waals surface area contributed by atoms with Crippen molar-refractivity contribution in [1.29, 1.82) is 0 Å². The van der Waals surface area contributed by atoms with Crippen LogP contribution < -0.4 is 10.2 Å². The molecule has 0 atom stereocenters. The summed E-state index contributed by atoms with van der Waals surface area (Å²) in [5.41, 5.74) is 0. The van der Waals surface area contributed by atoms with Crippen LogP contribution in [0.25, 0.3) is 0 Å². The molecule has 0 aromatic carbocycles. The fourth-order valence-electron chi connectivity index (χ4n) is 2.84. The first kappa shape index (κ1) is 36.1. The van der Waals surface area contributed by atoms with Crippen LogP contribution in [0.4, 0.5) is 0 Å². The standard InChI is InChI=1S/C18H36O2.C4H8O2.2Zr/c1-2-3-4-5-6-7-8-9-10-11-12-13-14-15-16-17-18(19)20;1-2-3-4(5)6;;/h2-17H2,1H3,(H,19,20);2-3H2,1H3,(H,5,6);;/q;;2*+4/p-2. The summed E-state index contributed by atoms with van der Waals surface area (Å²) in [7, 11) is 0. The normalized spacial score (nSPS) is 9.50. The molecule has 0 saturated carbocycles. The van der Waals surface area contributed by atoms with E-state index in [1.807, 2.05) is 0 Å². The minimum atomic E-state index is -0.961. The molecule has 28 heavy (non-hydrogen) atoms. The van der Waals surface area contributed by atoms with Crippen molar-refractivity contribution in [3.63, 3.8) is 0 Å². The van der Waals surface area contributed by atoms with Crippen molar-refractivity contribution in [3.8, 4) is 0 Å². The van der Waals surface area contributed by atoms with E-state index in [2.05, 4.69) is 6.92 Å². The smallest absolute Gasteiger partial charge is 0.550 e. The molecular weight excluding hydrogens is 511 g/mol. The zero-order valence-electron chi connectivity index (χ0n) is 18.4. The van der Waals surface area contributed by atoms with Gasteiger partial charge in [-0.05, 0) is 19.3 Å². The summed E-state index contributed by atoms with van der Waals surface area (Å²) in [6, 6.07) is 0. The van der Waals surface area contributed by atoms with E-state index in [9.17, 15) is 19.8 Å². The molecule has 0 aromatic rings. The Kier molecular flexibility index (Phi) is 41.7. The first-order chi connectivity index (χ1) is 12.5. The summed E-state index contributed by atoms with van der Waals surface area (Å²) in [4.78, 5) is 19.7. The molecule has 0 aliphatic rings. The third kappa shape index (κ3) is 41.2. The zero-order chi connectivity index (χ0) is 19.9. The molecule has 0 amide bonds. The van der Waals surface area contributed by atoms with Crippen LogP contribution >= 0.6 is 0 Å². The van der Waals surface area contributed by atoms with E-state index in [1.54, 1.807) is 6.92 Å². The van der Waals surface area contributed by atoms with Gasteiger partial charge < -0.3 is 19.8 Å². The Morgan fingerprint density at radius 2 is 0.750 bits per heavy atom. The van der Waals surface area contributed by atoms with Gasteiger partial charge in [0.15, 0.2) is 0 Å². The molecule has 0 unspecified atom stereocenters. The van der Waals surface area contributed by atoms with Gasteiger partial charge >= 0.3 is 52.4 Å². The summed E-state index contributed by atoms with van der Waals surface area (Å²) < 4.78 is 0. The molecule has 0 fully saturated rings. The van der Waals surface area contributed by atoms with Gasteiger partial charge in [-0.3, -0.25) is 0 Å². The van der Waals surface area contributed by atoms with Crippen LogP contribution in [-0.4, -0.2) is 11.9 Å². The predicted octanol–water partition coefficient (Wildman–Crippen LogP) is 4.53. The van der Waals surface area contributed by atoms with E-state index >= 15 is 0 Å². The molecule has 0 spiro atoms. The van der Waals surface area contributed by atoms with E-state index < -0.39 is 11.9 Å². The minimum Gasteiger partial charge on any atom is -0.550 e. The maximum Gasteiger partial charge on any atom is 4.00 e. The van der Waals surface area contributed by atoms with E-state index in [0.29, 0.717) is 6.42 Å². The average molecular weight is 553 g/mol. The summed E-state index contributed by atoms with van der Waals surface area (Å²) in [6.45, 7) is 4.07. The van der Waals surface area contributed by atoms with Crippen molar-refractivity contribution in [1.82, 2.24) is 0 Å². The Bertz CT molecular complexity index is 313. The van der Waals surface area contributed by atoms with Crippen molar-refractivity contribution in [2.45, 2.75) is 129 Å². The second kappa shape index (κ2) is 32.4. The number of unbranched alkanes of at least 4 members (excludes halogenated alkanes) is 14. The molecule has 156 valence electrons. The van der Waals surface area contributed by atoms with Gasteiger partial charge in [0.1, 0.15) is 0 Å². The third-order valence-electron chi connectivity index (χ3n) is 4.44. The van der Waals surface area contributed by atoms with Gasteiger partial charge in [0, 0.05) is 11.9 Å². The van der Waals surface area contributed by atoms with Crippen LogP contribution in [0.3, 0.4) is 0 Å². The molecule has 0 rings (SSSR count). The number of carboxylic acids is 2. The topological polar surface area (TPSA) is 80.3 Å². The molecule has 0 bridgehead atoms. The van der Waals surface area contributed by atoms with Crippen molar-refractivity contribution in [2.24, 2.45) is 0 Å². The van der Waals surface area contributed by atoms with Gasteiger partial charge in [0.2, 0.25) is 0 Å². The second-order valence-electron chi connectivity index (χ2n) is 7.19. The summed E-state index contributed by atoms with van der Waals surface area (Å²) in [6.07, 6.45) is 20.7. The average Bonchev–Trinajstić information content (AvgIpc) is 2.58. The number of carbonyl (C=O) groups excluding carboxylic acids is 2. The first-order valence-corrected chi connectivity index (χ1v) is 10.9. The Morgan fingerprint density at radius 3 is 0.964 bits per heavy atom. The SMILES string of the molecule is CCCC(=O)[O-].CCCCCCCCCCCCCCCCCC(=O)[O-].[Zr+4].[Zr+4]. The number of carboxylic acid groups (broad SMARTS) is 2. The molecular formula is C22H42O4Zr2+6. The number of carbonyl (C=O) groups is 2. The van der Waals surface area contributed by atoms with Gasteiger partial charge in [0.25, 0.3) is 0 Å². The second-order valence-corrected chi connectivity index (χ2v) is 7.19. The van der Waals surface area contributed by atoms with Gasteiger partial charge in [0.05, 0.1) is 0 Å². The molecule has 0 N–H and O–H groups in total. The Morgan fingerprint density at radius 1 is 0.464 bits per heavy atom. The van der Waals surface area contributed by atoms with Crippen LogP contribution in [0, 0.1) is 0 Å². The molecule has 0 aromatic heterocycles. The Hall–Kier alpha value is 0.706. The third-order valence-corrected chi connectivity index (χ3v) is 4.44. The van der Waals surface area contributed by atoms with Crippen molar-refractivity contribution < 1.29 is 72.2 Å². The molecule has 4 nitrogen and oxygen atoms in total. The Labute approximate surface area is 212 Å². The molecule has 0 radical (unpaired) electrons. The molecule has 0 heterocycles. The van der Waals surface area contributed by atoms with E-state index in [1.165, 1.54) is 83.5 Å². The molecule has 0 aliphatic heterocycles. The summed E-state index contributed by atoms with van der Waals surface area (Å²) >= 11 is 0. The predicted molar refractivity (Wildman–Crippen MR) is 104 cm³/mol. The minimum absolute atomic E-state index is 0. The van der Waals surface area contributed by atoms with Gasteiger partial charge in [-0.15, -0.1) is 0 Å². The van der Waals surface area contributed by atoms with E-state index in [4.69, 9.17) is 0 Å². The molecule has 0 saturated heterocycles. The number of aliphatic carboxylic acids is 2. The van der Waals surface area contributed by atoms with Crippen LogP contribution in [0.1, 0.15) is 129 Å².